The lowest BCUT2D eigenvalue weighted by atomic mass is 10.1. The van der Waals surface area contributed by atoms with Gasteiger partial charge in [-0.25, -0.2) is 0 Å². The molecule has 2 nitrogen and oxygen atoms in total. The zero-order valence-electron chi connectivity index (χ0n) is 8.67. The maximum Gasteiger partial charge on any atom is 0.0421 e. The average molecular weight is 178 g/mol. The molecule has 1 N–H and O–H groups in total. The van der Waals surface area contributed by atoms with E-state index in [1.807, 2.05) is 12.3 Å². The van der Waals surface area contributed by atoms with Gasteiger partial charge in [-0.2, -0.15) is 0 Å². The Morgan fingerprint density at radius 3 is 2.92 bits per heavy atom. The van der Waals surface area contributed by atoms with E-state index in [9.17, 15) is 0 Å². The molecule has 1 atom stereocenters. The number of hydrogen-bond donors (Lipinski definition) is 1. The highest BCUT2D eigenvalue weighted by molar-refractivity contribution is 5.15. The fourth-order valence-corrected chi connectivity index (χ4v) is 1.44. The third kappa shape index (κ3) is 3.55. The van der Waals surface area contributed by atoms with Crippen LogP contribution in [0.2, 0.25) is 0 Å². The van der Waals surface area contributed by atoms with Gasteiger partial charge in [-0.05, 0) is 38.1 Å². The molecule has 0 aliphatic rings. The molecular formula is C11H18N2. The van der Waals surface area contributed by atoms with Crippen LogP contribution >= 0.6 is 0 Å². The number of nitrogens with zero attached hydrogens (tertiary/aromatic N) is 1. The predicted octanol–water partition coefficient (Wildman–Crippen LogP) is 1.93. The number of rotatable bonds is 4. The second kappa shape index (κ2) is 4.97. The molecule has 0 aliphatic carbocycles. The fraction of sp³-hybridized carbons (Fsp3) is 0.545. The van der Waals surface area contributed by atoms with Crippen molar-refractivity contribution in [1.29, 1.82) is 0 Å². The van der Waals surface area contributed by atoms with E-state index in [0.717, 1.165) is 13.0 Å². The van der Waals surface area contributed by atoms with E-state index in [1.165, 1.54) is 11.3 Å². The highest BCUT2D eigenvalue weighted by Crippen LogP contribution is 2.02. The van der Waals surface area contributed by atoms with Crippen molar-refractivity contribution in [2.45, 2.75) is 33.2 Å². The largest absolute Gasteiger partial charge is 0.314 e. The van der Waals surface area contributed by atoms with Gasteiger partial charge in [0.05, 0.1) is 0 Å². The van der Waals surface area contributed by atoms with Crippen LogP contribution in [-0.4, -0.2) is 17.6 Å². The van der Waals surface area contributed by atoms with Crippen LogP contribution in [0, 0.1) is 6.92 Å². The Kier molecular flexibility index (Phi) is 3.90. The van der Waals surface area contributed by atoms with Crippen molar-refractivity contribution in [3.05, 3.63) is 29.6 Å². The van der Waals surface area contributed by atoms with Crippen LogP contribution in [0.15, 0.2) is 18.3 Å². The predicted molar refractivity (Wildman–Crippen MR) is 55.8 cm³/mol. The van der Waals surface area contributed by atoms with Crippen LogP contribution in [0.5, 0.6) is 0 Å². The van der Waals surface area contributed by atoms with Crippen molar-refractivity contribution >= 4 is 0 Å². The van der Waals surface area contributed by atoms with E-state index in [2.05, 4.69) is 37.1 Å². The van der Waals surface area contributed by atoms with Gasteiger partial charge in [0.2, 0.25) is 0 Å². The Morgan fingerprint density at radius 1 is 1.54 bits per heavy atom. The van der Waals surface area contributed by atoms with Crippen LogP contribution in [0.1, 0.15) is 25.1 Å². The summed E-state index contributed by atoms with van der Waals surface area (Å²) < 4.78 is 0. The molecule has 0 aliphatic heterocycles. The molecule has 1 rings (SSSR count). The SMILES string of the molecule is CCN[C@@H](C)Cc1cc(C)ccn1. The highest BCUT2D eigenvalue weighted by Gasteiger charge is 2.02. The van der Waals surface area contributed by atoms with E-state index in [1.54, 1.807) is 0 Å². The summed E-state index contributed by atoms with van der Waals surface area (Å²) in [5.74, 6) is 0. The normalized spacial score (nSPS) is 12.8. The van der Waals surface area contributed by atoms with Gasteiger partial charge < -0.3 is 5.32 Å². The van der Waals surface area contributed by atoms with Crippen molar-refractivity contribution < 1.29 is 0 Å². The first kappa shape index (κ1) is 10.2. The molecule has 1 aromatic heterocycles. The maximum atomic E-state index is 4.32. The molecule has 0 aromatic carbocycles. The Labute approximate surface area is 80.4 Å². The molecule has 0 amide bonds. The molecule has 1 aromatic rings. The van der Waals surface area contributed by atoms with Crippen molar-refractivity contribution in [3.63, 3.8) is 0 Å². The number of aryl methyl sites for hydroxylation is 1. The van der Waals surface area contributed by atoms with E-state index in [0.29, 0.717) is 6.04 Å². The Morgan fingerprint density at radius 2 is 2.31 bits per heavy atom. The first-order chi connectivity index (χ1) is 6.22. The zero-order valence-corrected chi connectivity index (χ0v) is 8.67. The van der Waals surface area contributed by atoms with Crippen LogP contribution in [0.25, 0.3) is 0 Å². The maximum absolute atomic E-state index is 4.32. The van der Waals surface area contributed by atoms with Crippen LogP contribution in [0.4, 0.5) is 0 Å². The standard InChI is InChI=1S/C11H18N2/c1-4-12-10(3)8-11-7-9(2)5-6-13-11/h5-7,10,12H,4,8H2,1-3H3/t10-/m0/s1. The number of hydrogen-bond acceptors (Lipinski definition) is 2. The van der Waals surface area contributed by atoms with E-state index >= 15 is 0 Å². The molecule has 0 radical (unpaired) electrons. The topological polar surface area (TPSA) is 24.9 Å². The van der Waals surface area contributed by atoms with Crippen molar-refractivity contribution in [2.24, 2.45) is 0 Å². The zero-order chi connectivity index (χ0) is 9.68. The third-order valence-corrected chi connectivity index (χ3v) is 2.04. The summed E-state index contributed by atoms with van der Waals surface area (Å²) in [6, 6.07) is 4.69. The number of likely N-dealkylation sites (N-methyl/N-ethyl adjacent to an activating group) is 1. The van der Waals surface area contributed by atoms with Gasteiger partial charge in [0.15, 0.2) is 0 Å². The molecule has 0 unspecified atom stereocenters. The minimum absolute atomic E-state index is 0.513. The smallest absolute Gasteiger partial charge is 0.0421 e. The molecule has 13 heavy (non-hydrogen) atoms. The highest BCUT2D eigenvalue weighted by atomic mass is 14.9. The Bertz CT molecular complexity index is 258. The third-order valence-electron chi connectivity index (χ3n) is 2.04. The molecular weight excluding hydrogens is 160 g/mol. The van der Waals surface area contributed by atoms with Gasteiger partial charge in [0.25, 0.3) is 0 Å². The van der Waals surface area contributed by atoms with Gasteiger partial charge >= 0.3 is 0 Å². The van der Waals surface area contributed by atoms with Gasteiger partial charge in [-0.1, -0.05) is 6.92 Å². The second-order valence-corrected chi connectivity index (χ2v) is 3.49. The molecule has 0 saturated heterocycles. The van der Waals surface area contributed by atoms with E-state index in [-0.39, 0.29) is 0 Å². The molecule has 0 bridgehead atoms. The Balaban J connectivity index is 2.53. The first-order valence-electron chi connectivity index (χ1n) is 4.87. The first-order valence-corrected chi connectivity index (χ1v) is 4.87. The summed E-state index contributed by atoms with van der Waals surface area (Å²) >= 11 is 0. The van der Waals surface area contributed by atoms with Gasteiger partial charge in [-0.3, -0.25) is 4.98 Å². The van der Waals surface area contributed by atoms with Gasteiger partial charge in [0.1, 0.15) is 0 Å². The lowest BCUT2D eigenvalue weighted by Crippen LogP contribution is -2.27. The van der Waals surface area contributed by atoms with Crippen LogP contribution in [-0.2, 0) is 6.42 Å². The van der Waals surface area contributed by atoms with Crippen molar-refractivity contribution in [2.75, 3.05) is 6.54 Å². The molecule has 72 valence electrons. The summed E-state index contributed by atoms with van der Waals surface area (Å²) in [5, 5.41) is 3.37. The summed E-state index contributed by atoms with van der Waals surface area (Å²) in [6.45, 7) is 7.43. The van der Waals surface area contributed by atoms with Gasteiger partial charge in [-0.15, -0.1) is 0 Å². The van der Waals surface area contributed by atoms with Crippen molar-refractivity contribution in [3.8, 4) is 0 Å². The summed E-state index contributed by atoms with van der Waals surface area (Å²) in [5.41, 5.74) is 2.46. The summed E-state index contributed by atoms with van der Waals surface area (Å²) in [4.78, 5) is 4.32. The lowest BCUT2D eigenvalue weighted by molar-refractivity contribution is 0.559. The minimum Gasteiger partial charge on any atom is -0.314 e. The summed E-state index contributed by atoms with van der Waals surface area (Å²) in [6.07, 6.45) is 2.89. The molecule has 2 heteroatoms. The number of pyridine rings is 1. The Hall–Kier alpha value is -0.890. The van der Waals surface area contributed by atoms with Gasteiger partial charge in [0, 0.05) is 24.4 Å². The van der Waals surface area contributed by atoms with E-state index in [4.69, 9.17) is 0 Å². The quantitative estimate of drug-likeness (QED) is 0.762. The molecule has 0 spiro atoms. The minimum atomic E-state index is 0.513. The fourth-order valence-electron chi connectivity index (χ4n) is 1.44. The lowest BCUT2D eigenvalue weighted by Gasteiger charge is -2.11. The number of aromatic nitrogens is 1. The second-order valence-electron chi connectivity index (χ2n) is 3.49. The number of nitrogens with one attached hydrogen (secondary N) is 1. The van der Waals surface area contributed by atoms with E-state index < -0.39 is 0 Å². The monoisotopic (exact) mass is 178 g/mol. The molecule has 0 saturated carbocycles. The van der Waals surface area contributed by atoms with Crippen molar-refractivity contribution in [1.82, 2.24) is 10.3 Å². The van der Waals surface area contributed by atoms with Crippen LogP contribution in [0.3, 0.4) is 0 Å². The molecule has 0 fully saturated rings. The molecule has 1 heterocycles. The summed E-state index contributed by atoms with van der Waals surface area (Å²) in [7, 11) is 0. The van der Waals surface area contributed by atoms with Crippen LogP contribution < -0.4 is 5.32 Å². The average Bonchev–Trinajstić information content (AvgIpc) is 2.04.